The van der Waals surface area contributed by atoms with E-state index >= 15 is 0 Å². The number of nitrogens with one attached hydrogen (secondary N) is 1. The summed E-state index contributed by atoms with van der Waals surface area (Å²) in [5, 5.41) is 8.45. The molecule has 0 amide bonds. The minimum Gasteiger partial charge on any atom is -0.397 e. The molecule has 0 unspecified atom stereocenters. The molecule has 0 atom stereocenters. The van der Waals surface area contributed by atoms with Crippen molar-refractivity contribution >= 4 is 38.6 Å². The van der Waals surface area contributed by atoms with Gasteiger partial charge in [0.2, 0.25) is 0 Å². The monoisotopic (exact) mass is 604 g/mol. The lowest BCUT2D eigenvalue weighted by atomic mass is 9.85. The fourth-order valence-electron chi connectivity index (χ4n) is 6.23. The molecule has 0 radical (unpaired) electrons. The zero-order chi connectivity index (χ0) is 32.0. The fraction of sp³-hybridized carbons (Fsp3) is 0.0222. The molecular formula is C45H36N2. The largest absolute Gasteiger partial charge is 0.397 e. The highest BCUT2D eigenvalue weighted by molar-refractivity contribution is 6.21. The standard InChI is InChI=1S/C38H28N2.C7H8/c39-35-16-8-9-17-36(35)40-30-24-22-29(23-25-30)38-33-14-6-4-12-31(33)37(32-13-5-7-15-34(32)38)28-20-18-27(19-21-28)26-10-2-1-3-11-26;1-7-5-3-2-4-6-7/h1-25,40H,39H2;2-6H,1H3. The van der Waals surface area contributed by atoms with Crippen LogP contribution in [0.3, 0.4) is 0 Å². The third-order valence-corrected chi connectivity index (χ3v) is 8.57. The van der Waals surface area contributed by atoms with Crippen LogP contribution in [0.15, 0.2) is 182 Å². The van der Waals surface area contributed by atoms with Gasteiger partial charge in [-0.3, -0.25) is 0 Å². The first kappa shape index (κ1) is 29.6. The third kappa shape index (κ3) is 6.36. The van der Waals surface area contributed by atoms with Crippen LogP contribution in [-0.4, -0.2) is 0 Å². The summed E-state index contributed by atoms with van der Waals surface area (Å²) in [6.45, 7) is 2.08. The topological polar surface area (TPSA) is 38.0 Å². The third-order valence-electron chi connectivity index (χ3n) is 8.57. The zero-order valence-electron chi connectivity index (χ0n) is 26.4. The second kappa shape index (κ2) is 13.5. The number of hydrogen-bond donors (Lipinski definition) is 2. The summed E-state index contributed by atoms with van der Waals surface area (Å²) in [5.74, 6) is 0. The first-order valence-electron chi connectivity index (χ1n) is 16.0. The Balaban J connectivity index is 0.000000447. The smallest absolute Gasteiger partial charge is 0.0617 e. The van der Waals surface area contributed by atoms with Crippen LogP contribution in [0.2, 0.25) is 0 Å². The van der Waals surface area contributed by atoms with Crippen molar-refractivity contribution in [3.63, 3.8) is 0 Å². The van der Waals surface area contributed by atoms with E-state index in [2.05, 4.69) is 152 Å². The Hall–Kier alpha value is -6.12. The first-order chi connectivity index (χ1) is 23.2. The minimum absolute atomic E-state index is 0.732. The van der Waals surface area contributed by atoms with Crippen LogP contribution in [0, 0.1) is 6.92 Å². The van der Waals surface area contributed by atoms with E-state index in [0.29, 0.717) is 0 Å². The summed E-state index contributed by atoms with van der Waals surface area (Å²) >= 11 is 0. The van der Waals surface area contributed by atoms with Crippen LogP contribution < -0.4 is 11.1 Å². The Labute approximate surface area is 276 Å². The van der Waals surface area contributed by atoms with E-state index < -0.39 is 0 Å². The number of fused-ring (bicyclic) bond motifs is 2. The zero-order valence-corrected chi connectivity index (χ0v) is 26.4. The van der Waals surface area contributed by atoms with Crippen LogP contribution in [0.5, 0.6) is 0 Å². The molecule has 8 aromatic rings. The summed E-state index contributed by atoms with van der Waals surface area (Å²) in [4.78, 5) is 0. The van der Waals surface area contributed by atoms with Crippen LogP contribution in [0.25, 0.3) is 54.9 Å². The number of rotatable bonds is 5. The maximum atomic E-state index is 6.15. The average Bonchev–Trinajstić information content (AvgIpc) is 3.13. The second-order valence-corrected chi connectivity index (χ2v) is 11.7. The number of nitrogen functional groups attached to an aromatic ring is 1. The van der Waals surface area contributed by atoms with E-state index in [4.69, 9.17) is 5.73 Å². The Morgan fingerprint density at radius 2 is 0.745 bits per heavy atom. The molecule has 8 rings (SSSR count). The van der Waals surface area contributed by atoms with Gasteiger partial charge in [-0.15, -0.1) is 0 Å². The lowest BCUT2D eigenvalue weighted by Crippen LogP contribution is -1.95. The van der Waals surface area contributed by atoms with E-state index in [1.807, 2.05) is 42.5 Å². The maximum Gasteiger partial charge on any atom is 0.0617 e. The molecule has 0 aliphatic carbocycles. The van der Waals surface area contributed by atoms with Crippen molar-refractivity contribution in [1.29, 1.82) is 0 Å². The maximum absolute atomic E-state index is 6.15. The van der Waals surface area contributed by atoms with Crippen molar-refractivity contribution in [2.24, 2.45) is 0 Å². The van der Waals surface area contributed by atoms with E-state index in [1.54, 1.807) is 0 Å². The molecule has 2 heteroatoms. The molecule has 8 aromatic carbocycles. The number of hydrogen-bond acceptors (Lipinski definition) is 2. The Bertz CT molecular complexity index is 2200. The van der Waals surface area contributed by atoms with Crippen molar-refractivity contribution in [3.05, 3.63) is 188 Å². The number of para-hydroxylation sites is 2. The molecule has 0 aliphatic rings. The summed E-state index contributed by atoms with van der Waals surface area (Å²) in [6, 6.07) is 63.8. The molecule has 47 heavy (non-hydrogen) atoms. The van der Waals surface area contributed by atoms with Gasteiger partial charge in [0, 0.05) is 5.69 Å². The summed E-state index contributed by atoms with van der Waals surface area (Å²) in [7, 11) is 0. The van der Waals surface area contributed by atoms with Crippen molar-refractivity contribution in [1.82, 2.24) is 0 Å². The summed E-state index contributed by atoms with van der Waals surface area (Å²) in [6.07, 6.45) is 0. The van der Waals surface area contributed by atoms with Crippen LogP contribution in [-0.2, 0) is 0 Å². The molecule has 0 saturated carbocycles. The lowest BCUT2D eigenvalue weighted by molar-refractivity contribution is 1.48. The number of anilines is 3. The highest BCUT2D eigenvalue weighted by Gasteiger charge is 2.16. The number of nitrogens with two attached hydrogens (primary N) is 1. The van der Waals surface area contributed by atoms with E-state index in [9.17, 15) is 0 Å². The molecule has 3 N–H and O–H groups in total. The molecule has 0 bridgehead atoms. The fourth-order valence-corrected chi connectivity index (χ4v) is 6.23. The molecule has 0 heterocycles. The van der Waals surface area contributed by atoms with E-state index in [-0.39, 0.29) is 0 Å². The highest BCUT2D eigenvalue weighted by atomic mass is 14.9. The predicted molar refractivity (Wildman–Crippen MR) is 203 cm³/mol. The van der Waals surface area contributed by atoms with Crippen molar-refractivity contribution in [2.45, 2.75) is 6.92 Å². The highest BCUT2D eigenvalue weighted by Crippen LogP contribution is 2.44. The molecule has 0 aromatic heterocycles. The normalized spacial score (nSPS) is 10.7. The summed E-state index contributed by atoms with van der Waals surface area (Å²) < 4.78 is 0. The van der Waals surface area contributed by atoms with Crippen LogP contribution >= 0.6 is 0 Å². The van der Waals surface area contributed by atoms with Crippen LogP contribution in [0.4, 0.5) is 17.1 Å². The molecule has 2 nitrogen and oxygen atoms in total. The van der Waals surface area contributed by atoms with Gasteiger partial charge < -0.3 is 11.1 Å². The van der Waals surface area contributed by atoms with Gasteiger partial charge in [-0.2, -0.15) is 0 Å². The minimum atomic E-state index is 0.732. The molecule has 0 saturated heterocycles. The lowest BCUT2D eigenvalue weighted by Gasteiger charge is -2.18. The predicted octanol–water partition coefficient (Wildman–Crippen LogP) is 12.3. The van der Waals surface area contributed by atoms with Crippen molar-refractivity contribution < 1.29 is 0 Å². The first-order valence-corrected chi connectivity index (χ1v) is 16.0. The van der Waals surface area contributed by atoms with Gasteiger partial charge in [0.15, 0.2) is 0 Å². The SMILES string of the molecule is Cc1ccccc1.Nc1ccccc1Nc1ccc(-c2c3ccccc3c(-c3ccc(-c4ccccc4)cc3)c3ccccc23)cc1. The molecule has 0 spiro atoms. The average molecular weight is 605 g/mol. The van der Waals surface area contributed by atoms with Gasteiger partial charge >= 0.3 is 0 Å². The molecular weight excluding hydrogens is 569 g/mol. The Kier molecular flexibility index (Phi) is 8.48. The van der Waals surface area contributed by atoms with Gasteiger partial charge in [-0.25, -0.2) is 0 Å². The Morgan fingerprint density at radius 1 is 0.362 bits per heavy atom. The van der Waals surface area contributed by atoms with E-state index in [1.165, 1.54) is 60.5 Å². The second-order valence-electron chi connectivity index (χ2n) is 11.7. The van der Waals surface area contributed by atoms with Crippen molar-refractivity contribution in [3.8, 4) is 33.4 Å². The van der Waals surface area contributed by atoms with E-state index in [0.717, 1.165) is 17.1 Å². The van der Waals surface area contributed by atoms with Crippen LogP contribution in [0.1, 0.15) is 5.56 Å². The molecule has 226 valence electrons. The number of benzene rings is 8. The number of aryl methyl sites for hydroxylation is 1. The van der Waals surface area contributed by atoms with Gasteiger partial charge in [-0.1, -0.05) is 163 Å². The van der Waals surface area contributed by atoms with Gasteiger partial charge in [0.25, 0.3) is 0 Å². The molecule has 0 fully saturated rings. The molecule has 0 aliphatic heterocycles. The Morgan fingerprint density at radius 3 is 1.21 bits per heavy atom. The van der Waals surface area contributed by atoms with Gasteiger partial charge in [0.05, 0.1) is 11.4 Å². The quantitative estimate of drug-likeness (QED) is 0.151. The van der Waals surface area contributed by atoms with Crippen molar-refractivity contribution in [2.75, 3.05) is 11.1 Å². The van der Waals surface area contributed by atoms with Gasteiger partial charge in [0.1, 0.15) is 0 Å². The van der Waals surface area contributed by atoms with Gasteiger partial charge in [-0.05, 0) is 86.1 Å². The summed E-state index contributed by atoms with van der Waals surface area (Å²) in [5.41, 5.74) is 17.5.